The first kappa shape index (κ1) is 55.5. The lowest BCUT2D eigenvalue weighted by molar-refractivity contribution is -0.156. The maximum Gasteiger partial charge on any atom is 0.326 e. The van der Waals surface area contributed by atoms with Gasteiger partial charge in [0.2, 0.25) is 5.43 Å². The highest BCUT2D eigenvalue weighted by molar-refractivity contribution is 6.33. The summed E-state index contributed by atoms with van der Waals surface area (Å²) in [4.78, 5) is 69.6. The second-order valence-electron chi connectivity index (χ2n) is 20.8. The molecule has 0 saturated carbocycles. The van der Waals surface area contributed by atoms with Crippen molar-refractivity contribution in [3.05, 3.63) is 80.4 Å². The maximum atomic E-state index is 13.6. The van der Waals surface area contributed by atoms with Crippen molar-refractivity contribution < 1.29 is 61.9 Å². The number of fused-ring (bicyclic) bond motifs is 2. The molecule has 5 rings (SSSR count). The molecule has 0 aromatic heterocycles. The number of phenols is 1. The normalized spacial score (nSPS) is 12.1. The number of aromatic hydroxyl groups is 1. The van der Waals surface area contributed by atoms with Gasteiger partial charge >= 0.3 is 23.9 Å². The monoisotopic (exact) mass is 1020 g/mol. The van der Waals surface area contributed by atoms with Gasteiger partial charge in [-0.05, 0) is 126 Å². The van der Waals surface area contributed by atoms with Crippen LogP contribution in [0.3, 0.4) is 0 Å². The number of hydrogen-bond donors (Lipinski definition) is 1. The van der Waals surface area contributed by atoms with Crippen LogP contribution in [0.15, 0.2) is 63.8 Å². The van der Waals surface area contributed by atoms with Crippen LogP contribution < -0.4 is 29.4 Å². The van der Waals surface area contributed by atoms with E-state index in [-0.39, 0.29) is 70.6 Å². The largest absolute Gasteiger partial charge is 0.506 e. The molecular weight excluding hydrogens is 959 g/mol. The summed E-state index contributed by atoms with van der Waals surface area (Å²) in [6.07, 6.45) is 0. The summed E-state index contributed by atoms with van der Waals surface area (Å²) in [5.74, 6) is -1.98. The predicted octanol–water partition coefficient (Wildman–Crippen LogP) is 10.3. The zero-order valence-corrected chi connectivity index (χ0v) is 44.4. The van der Waals surface area contributed by atoms with Crippen molar-refractivity contribution in [3.63, 3.8) is 0 Å². The average molecular weight is 1020 g/mol. The van der Waals surface area contributed by atoms with Crippen LogP contribution in [0.2, 0.25) is 10.0 Å². The van der Waals surface area contributed by atoms with Crippen LogP contribution in [0.25, 0.3) is 33.4 Å². The molecule has 1 N–H and O–H groups in total. The number of nitrogens with zero attached hydrogens (tertiary/aromatic N) is 2. The molecule has 1 aliphatic carbocycles. The van der Waals surface area contributed by atoms with Gasteiger partial charge in [0.1, 0.15) is 96.1 Å². The molecule has 3 aromatic carbocycles. The maximum absolute atomic E-state index is 13.6. The van der Waals surface area contributed by atoms with Crippen LogP contribution >= 0.6 is 23.2 Å². The molecular formula is C53H64Cl2N2O14. The Hall–Kier alpha value is -6.39. The molecule has 3 aromatic rings. The number of halogens is 2. The molecule has 18 heteroatoms. The fraction of sp³-hybridized carbons (Fsp3) is 0.453. The van der Waals surface area contributed by atoms with E-state index in [1.54, 1.807) is 107 Å². The Bertz CT molecular complexity index is 2750. The lowest BCUT2D eigenvalue weighted by Gasteiger charge is -2.30. The number of aryl methyl sites for hydroxylation is 1. The molecule has 0 atom stereocenters. The van der Waals surface area contributed by atoms with Crippen molar-refractivity contribution >= 4 is 69.4 Å². The van der Waals surface area contributed by atoms with Gasteiger partial charge in [0, 0.05) is 40.3 Å². The first-order valence-corrected chi connectivity index (χ1v) is 23.6. The van der Waals surface area contributed by atoms with E-state index < -0.39 is 64.8 Å². The molecule has 0 amide bonds. The molecule has 0 fully saturated rings. The Morgan fingerprint density at radius 1 is 0.577 bits per heavy atom. The second-order valence-corrected chi connectivity index (χ2v) is 21.6. The van der Waals surface area contributed by atoms with Crippen LogP contribution in [0.4, 0.5) is 11.4 Å². The first-order valence-electron chi connectivity index (χ1n) is 22.8. The van der Waals surface area contributed by atoms with E-state index in [1.165, 1.54) is 41.2 Å². The molecule has 0 spiro atoms. The minimum atomic E-state index is -0.877. The van der Waals surface area contributed by atoms with Crippen molar-refractivity contribution in [3.8, 4) is 45.4 Å². The molecule has 0 bridgehead atoms. The minimum Gasteiger partial charge on any atom is -0.506 e. The Kier molecular flexibility index (Phi) is 17.2. The number of rotatable bonds is 17. The van der Waals surface area contributed by atoms with E-state index in [9.17, 15) is 29.1 Å². The summed E-state index contributed by atoms with van der Waals surface area (Å²) in [5, 5.41) is 10.9. The van der Waals surface area contributed by atoms with Gasteiger partial charge in [-0.25, -0.2) is 0 Å². The van der Waals surface area contributed by atoms with Gasteiger partial charge in [-0.2, -0.15) is 0 Å². The molecule has 16 nitrogen and oxygen atoms in total. The van der Waals surface area contributed by atoms with Gasteiger partial charge in [-0.3, -0.25) is 24.0 Å². The Morgan fingerprint density at radius 3 is 1.51 bits per heavy atom. The highest BCUT2D eigenvalue weighted by atomic mass is 35.5. The number of phenolic OH excluding ortho intramolecular Hbond substituents is 1. The van der Waals surface area contributed by atoms with E-state index in [0.29, 0.717) is 33.5 Å². The number of hydrogen-bond acceptors (Lipinski definition) is 16. The minimum absolute atomic E-state index is 0.00350. The van der Waals surface area contributed by atoms with Crippen molar-refractivity contribution in [2.45, 2.75) is 112 Å². The van der Waals surface area contributed by atoms with Crippen molar-refractivity contribution in [2.24, 2.45) is 0 Å². The second kappa shape index (κ2) is 21.9. The third-order valence-electron chi connectivity index (χ3n) is 9.75. The molecule has 384 valence electrons. The number of anilines is 2. The smallest absolute Gasteiger partial charge is 0.326 e. The van der Waals surface area contributed by atoms with Crippen LogP contribution in [-0.2, 0) is 38.1 Å². The summed E-state index contributed by atoms with van der Waals surface area (Å²) in [6.45, 7) is 20.9. The van der Waals surface area contributed by atoms with Crippen LogP contribution in [-0.4, -0.2) is 97.9 Å². The number of benzene rings is 4. The molecule has 0 saturated heterocycles. The summed E-state index contributed by atoms with van der Waals surface area (Å²) in [7, 11) is 1.43. The topological polar surface area (TPSA) is 190 Å². The van der Waals surface area contributed by atoms with E-state index in [2.05, 4.69) is 0 Å². The zero-order valence-electron chi connectivity index (χ0n) is 42.8. The lowest BCUT2D eigenvalue weighted by atomic mass is 9.92. The average Bonchev–Trinajstić information content (AvgIpc) is 3.19. The standard InChI is InChI=1S/C53H64Cl2N2O14/c1-30-15-16-36(56(26-45(60)68-50(2,3)4)27-46(61)69-51(5,6)7)43(19-30)65-17-18-66-44-22-33(49-31-20-34(54)38(58)24-41(31)67-42-25-39(59)35(55)21-32(42)49)40(64-14)23-37(44)57(28-47(62)70-52(8,9)10)29-48(63)71-53(11,12)13/h15-16,19-25,58H,17-18,26-29H2,1-14H3. The Balaban J connectivity index is 1.66. The molecule has 2 aliphatic rings. The van der Waals surface area contributed by atoms with Crippen molar-refractivity contribution in [2.75, 3.05) is 56.3 Å². The lowest BCUT2D eigenvalue weighted by Crippen LogP contribution is -2.40. The van der Waals surface area contributed by atoms with Gasteiger partial charge in [0.15, 0.2) is 0 Å². The molecule has 0 radical (unpaired) electrons. The van der Waals surface area contributed by atoms with Crippen molar-refractivity contribution in [1.82, 2.24) is 0 Å². The fourth-order valence-electron chi connectivity index (χ4n) is 7.34. The van der Waals surface area contributed by atoms with Gasteiger partial charge in [-0.1, -0.05) is 29.3 Å². The summed E-state index contributed by atoms with van der Waals surface area (Å²) >= 11 is 13.0. The van der Waals surface area contributed by atoms with E-state index >= 15 is 0 Å². The molecule has 1 aliphatic heterocycles. The van der Waals surface area contributed by atoms with Gasteiger partial charge in [0.25, 0.3) is 0 Å². The van der Waals surface area contributed by atoms with Crippen LogP contribution in [0, 0.1) is 6.92 Å². The Labute approximate surface area is 424 Å². The third-order valence-corrected chi connectivity index (χ3v) is 10.3. The van der Waals surface area contributed by atoms with Gasteiger partial charge in [-0.15, -0.1) is 0 Å². The number of carbonyl (C=O) groups is 4. The first-order chi connectivity index (χ1) is 32.8. The SMILES string of the molecule is COc1cc(N(CC(=O)OC(C)(C)C)CC(=O)OC(C)(C)C)c(OCCOc2cc(C)ccc2N(CC(=O)OC(C)(C)C)CC(=O)OC(C)(C)C)cc1-c1c2cc(Cl)c(=O)cc-2oc2cc(O)c(Cl)cc12. The highest BCUT2D eigenvalue weighted by Gasteiger charge is 2.31. The van der Waals surface area contributed by atoms with Crippen molar-refractivity contribution in [1.29, 1.82) is 0 Å². The molecule has 0 unspecified atom stereocenters. The van der Waals surface area contributed by atoms with E-state index in [0.717, 1.165) is 5.56 Å². The number of carbonyl (C=O) groups excluding carboxylic acids is 4. The van der Waals surface area contributed by atoms with Crippen LogP contribution in [0.1, 0.15) is 88.6 Å². The summed E-state index contributed by atoms with van der Waals surface area (Å²) in [5.41, 5.74) is -1.11. The molecule has 1 heterocycles. The zero-order chi connectivity index (χ0) is 53.0. The predicted molar refractivity (Wildman–Crippen MR) is 273 cm³/mol. The van der Waals surface area contributed by atoms with E-state index in [1.807, 2.05) is 13.0 Å². The van der Waals surface area contributed by atoms with Crippen LogP contribution in [0.5, 0.6) is 23.0 Å². The number of methoxy groups -OCH3 is 1. The third kappa shape index (κ3) is 15.8. The number of ether oxygens (including phenoxy) is 7. The number of esters is 4. The molecule has 71 heavy (non-hydrogen) atoms. The Morgan fingerprint density at radius 2 is 1.04 bits per heavy atom. The van der Waals surface area contributed by atoms with Gasteiger partial charge < -0.3 is 52.5 Å². The van der Waals surface area contributed by atoms with Gasteiger partial charge in [0.05, 0.1) is 28.5 Å². The highest BCUT2D eigenvalue weighted by Crippen LogP contribution is 2.49. The van der Waals surface area contributed by atoms with E-state index in [4.69, 9.17) is 60.8 Å². The summed E-state index contributed by atoms with van der Waals surface area (Å²) < 4.78 is 47.8. The quantitative estimate of drug-likeness (QED) is 0.0400. The fourth-order valence-corrected chi connectivity index (χ4v) is 7.67. The summed E-state index contributed by atoms with van der Waals surface area (Å²) in [6, 6.07) is 14.0.